The molecular formula is C15H27IN4O2. The fourth-order valence-corrected chi connectivity index (χ4v) is 1.68. The summed E-state index contributed by atoms with van der Waals surface area (Å²) >= 11 is 0. The van der Waals surface area contributed by atoms with E-state index in [-0.39, 0.29) is 24.0 Å². The predicted molar refractivity (Wildman–Crippen MR) is 99.8 cm³/mol. The third-order valence-corrected chi connectivity index (χ3v) is 2.82. The third kappa shape index (κ3) is 11.7. The maximum atomic E-state index is 5.79. The first kappa shape index (κ1) is 21.1. The largest absolute Gasteiger partial charge is 0.382 e. The Kier molecular flexibility index (Phi) is 14.4. The van der Waals surface area contributed by atoms with Gasteiger partial charge in [-0.25, -0.2) is 0 Å². The van der Waals surface area contributed by atoms with Crippen LogP contribution in [0.3, 0.4) is 0 Å². The Labute approximate surface area is 149 Å². The summed E-state index contributed by atoms with van der Waals surface area (Å²) in [5, 5.41) is 3.09. The minimum atomic E-state index is 0. The average molecular weight is 422 g/mol. The highest BCUT2D eigenvalue weighted by Crippen LogP contribution is 1.93. The van der Waals surface area contributed by atoms with Gasteiger partial charge in [0.1, 0.15) is 0 Å². The van der Waals surface area contributed by atoms with Crippen LogP contribution in [0.25, 0.3) is 0 Å². The van der Waals surface area contributed by atoms with E-state index in [1.807, 2.05) is 18.2 Å². The van der Waals surface area contributed by atoms with Crippen LogP contribution >= 0.6 is 24.0 Å². The van der Waals surface area contributed by atoms with Crippen LogP contribution in [0.15, 0.2) is 29.4 Å². The summed E-state index contributed by atoms with van der Waals surface area (Å²) in [5.74, 6) is 0.492. The van der Waals surface area contributed by atoms with Gasteiger partial charge in [-0.1, -0.05) is 6.07 Å². The van der Waals surface area contributed by atoms with Crippen molar-refractivity contribution in [2.75, 3.05) is 40.0 Å². The minimum Gasteiger partial charge on any atom is -0.382 e. The van der Waals surface area contributed by atoms with Crippen molar-refractivity contribution in [2.24, 2.45) is 10.7 Å². The smallest absolute Gasteiger partial charge is 0.188 e. The van der Waals surface area contributed by atoms with Crippen LogP contribution in [0.4, 0.5) is 0 Å². The number of hydrogen-bond acceptors (Lipinski definition) is 4. The number of nitrogens with zero attached hydrogens (tertiary/aromatic N) is 2. The van der Waals surface area contributed by atoms with E-state index >= 15 is 0 Å². The number of unbranched alkanes of at least 4 members (excludes halogenated alkanes) is 1. The van der Waals surface area contributed by atoms with Crippen LogP contribution in [0.1, 0.15) is 18.5 Å². The molecule has 1 heterocycles. The van der Waals surface area contributed by atoms with Crippen LogP contribution in [0.2, 0.25) is 0 Å². The van der Waals surface area contributed by atoms with Crippen molar-refractivity contribution in [2.45, 2.75) is 19.3 Å². The van der Waals surface area contributed by atoms with Crippen molar-refractivity contribution >= 4 is 29.9 Å². The monoisotopic (exact) mass is 422 g/mol. The molecule has 126 valence electrons. The van der Waals surface area contributed by atoms with Crippen LogP contribution in [0.5, 0.6) is 0 Å². The summed E-state index contributed by atoms with van der Waals surface area (Å²) in [5.41, 5.74) is 6.84. The van der Waals surface area contributed by atoms with E-state index in [1.165, 1.54) is 0 Å². The second-order valence-corrected chi connectivity index (χ2v) is 4.58. The van der Waals surface area contributed by atoms with Crippen LogP contribution in [-0.4, -0.2) is 51.0 Å². The van der Waals surface area contributed by atoms with Gasteiger partial charge in [0.2, 0.25) is 0 Å². The molecule has 1 aromatic heterocycles. The lowest BCUT2D eigenvalue weighted by molar-refractivity contribution is 0.0690. The van der Waals surface area contributed by atoms with Crippen molar-refractivity contribution in [1.82, 2.24) is 10.3 Å². The molecule has 0 bridgehead atoms. The number of halogens is 1. The Hall–Kier alpha value is -0.930. The van der Waals surface area contributed by atoms with E-state index in [4.69, 9.17) is 15.2 Å². The minimum absolute atomic E-state index is 0. The van der Waals surface area contributed by atoms with Gasteiger partial charge in [0, 0.05) is 45.1 Å². The molecule has 6 nitrogen and oxygen atoms in total. The van der Waals surface area contributed by atoms with Gasteiger partial charge in [-0.05, 0) is 25.0 Å². The van der Waals surface area contributed by atoms with Crippen molar-refractivity contribution in [3.05, 3.63) is 30.1 Å². The summed E-state index contributed by atoms with van der Waals surface area (Å²) in [7, 11) is 1.67. The van der Waals surface area contributed by atoms with E-state index in [0.717, 1.165) is 44.7 Å². The van der Waals surface area contributed by atoms with Crippen molar-refractivity contribution in [1.29, 1.82) is 0 Å². The lowest BCUT2D eigenvalue weighted by atomic mass is 10.3. The Morgan fingerprint density at radius 1 is 1.27 bits per heavy atom. The molecule has 0 saturated carbocycles. The summed E-state index contributed by atoms with van der Waals surface area (Å²) in [6.45, 7) is 3.50. The van der Waals surface area contributed by atoms with Crippen molar-refractivity contribution in [3.8, 4) is 0 Å². The number of aromatic nitrogens is 1. The van der Waals surface area contributed by atoms with Crippen LogP contribution in [-0.2, 0) is 15.9 Å². The number of methoxy groups -OCH3 is 1. The number of rotatable bonds is 11. The summed E-state index contributed by atoms with van der Waals surface area (Å²) in [6.07, 6.45) is 4.58. The van der Waals surface area contributed by atoms with E-state index < -0.39 is 0 Å². The molecule has 0 aliphatic rings. The van der Waals surface area contributed by atoms with Gasteiger partial charge in [-0.3, -0.25) is 9.98 Å². The molecule has 0 amide bonds. The third-order valence-electron chi connectivity index (χ3n) is 2.82. The normalized spacial score (nSPS) is 11.0. The number of pyridine rings is 1. The Morgan fingerprint density at radius 2 is 2.14 bits per heavy atom. The average Bonchev–Trinajstić information content (AvgIpc) is 2.51. The molecule has 1 aromatic rings. The van der Waals surface area contributed by atoms with Gasteiger partial charge in [0.25, 0.3) is 0 Å². The van der Waals surface area contributed by atoms with Gasteiger partial charge in [0.05, 0.1) is 13.2 Å². The fourth-order valence-electron chi connectivity index (χ4n) is 1.68. The number of hydrogen-bond donors (Lipinski definition) is 2. The summed E-state index contributed by atoms with van der Waals surface area (Å²) in [4.78, 5) is 8.52. The number of nitrogens with two attached hydrogens (primary N) is 1. The molecule has 0 radical (unpaired) electrons. The van der Waals surface area contributed by atoms with Gasteiger partial charge in [-0.2, -0.15) is 0 Å². The van der Waals surface area contributed by atoms with E-state index in [0.29, 0.717) is 19.2 Å². The molecule has 1 rings (SSSR count). The SMILES string of the molecule is COCCOCCCCN=C(N)NCCc1ccccn1.I. The predicted octanol–water partition coefficient (Wildman–Crippen LogP) is 1.59. The number of guanidine groups is 1. The molecule has 0 unspecified atom stereocenters. The lowest BCUT2D eigenvalue weighted by Crippen LogP contribution is -2.33. The van der Waals surface area contributed by atoms with Crippen molar-refractivity contribution < 1.29 is 9.47 Å². The fraction of sp³-hybridized carbons (Fsp3) is 0.600. The zero-order valence-corrected chi connectivity index (χ0v) is 15.5. The first-order valence-corrected chi connectivity index (χ1v) is 7.33. The summed E-state index contributed by atoms with van der Waals surface area (Å²) in [6, 6.07) is 5.89. The highest BCUT2D eigenvalue weighted by atomic mass is 127. The van der Waals surface area contributed by atoms with E-state index in [1.54, 1.807) is 13.3 Å². The van der Waals surface area contributed by atoms with E-state index in [9.17, 15) is 0 Å². The second kappa shape index (κ2) is 15.0. The molecule has 0 spiro atoms. The van der Waals surface area contributed by atoms with Crippen LogP contribution < -0.4 is 11.1 Å². The highest BCUT2D eigenvalue weighted by molar-refractivity contribution is 14.0. The number of aliphatic imine (C=N–C) groups is 1. The van der Waals surface area contributed by atoms with Crippen molar-refractivity contribution in [3.63, 3.8) is 0 Å². The van der Waals surface area contributed by atoms with E-state index in [2.05, 4.69) is 15.3 Å². The highest BCUT2D eigenvalue weighted by Gasteiger charge is 1.95. The maximum Gasteiger partial charge on any atom is 0.188 e. The Morgan fingerprint density at radius 3 is 2.86 bits per heavy atom. The molecule has 3 N–H and O–H groups in total. The quantitative estimate of drug-likeness (QED) is 0.245. The summed E-state index contributed by atoms with van der Waals surface area (Å²) < 4.78 is 10.3. The topological polar surface area (TPSA) is 81.8 Å². The van der Waals surface area contributed by atoms with Gasteiger partial charge in [-0.15, -0.1) is 24.0 Å². The molecule has 0 atom stereocenters. The molecule has 0 fully saturated rings. The molecule has 22 heavy (non-hydrogen) atoms. The first-order valence-electron chi connectivity index (χ1n) is 7.33. The van der Waals surface area contributed by atoms with Gasteiger partial charge in [0.15, 0.2) is 5.96 Å². The Bertz CT molecular complexity index is 390. The van der Waals surface area contributed by atoms with Gasteiger partial charge < -0.3 is 20.5 Å². The molecule has 0 aliphatic carbocycles. The number of nitrogens with one attached hydrogen (secondary N) is 1. The van der Waals surface area contributed by atoms with Gasteiger partial charge >= 0.3 is 0 Å². The molecular weight excluding hydrogens is 395 g/mol. The molecule has 0 aliphatic heterocycles. The standard InChI is InChI=1S/C15H26N4O2.HI/c1-20-12-13-21-11-5-4-9-18-15(16)19-10-7-14-6-2-3-8-17-14;/h2-3,6,8H,4-5,7,9-13H2,1H3,(H3,16,18,19);1H. The molecule has 0 aromatic carbocycles. The first-order chi connectivity index (χ1) is 10.3. The maximum absolute atomic E-state index is 5.79. The lowest BCUT2D eigenvalue weighted by Gasteiger charge is -2.05. The molecule has 7 heteroatoms. The number of ether oxygens (including phenoxy) is 2. The molecule has 0 saturated heterocycles. The Balaban J connectivity index is 0.00000441. The zero-order valence-electron chi connectivity index (χ0n) is 13.2. The zero-order chi connectivity index (χ0) is 15.2. The second-order valence-electron chi connectivity index (χ2n) is 4.58. The van der Waals surface area contributed by atoms with Crippen LogP contribution in [0, 0.1) is 0 Å².